The molecule has 1 aromatic carbocycles. The van der Waals surface area contributed by atoms with Gasteiger partial charge in [0.2, 0.25) is 0 Å². The third-order valence-electron chi connectivity index (χ3n) is 11.9. The molecule has 0 N–H and O–H groups in total. The number of carbonyl (C=O) groups excluding carboxylic acids is 1. The van der Waals surface area contributed by atoms with Gasteiger partial charge >= 0.3 is 5.97 Å². The Morgan fingerprint density at radius 1 is 0.677 bits per heavy atom. The predicted molar refractivity (Wildman–Crippen MR) is 266 cm³/mol. The number of fused-ring (bicyclic) bond motifs is 1. The van der Waals surface area contributed by atoms with Crippen molar-refractivity contribution < 1.29 is 23.6 Å². The van der Waals surface area contributed by atoms with Gasteiger partial charge in [0.05, 0.1) is 16.8 Å². The van der Waals surface area contributed by atoms with Crippen LogP contribution >= 0.6 is 24.0 Å². The largest absolute Gasteiger partial charge is 0.424 e. The van der Waals surface area contributed by atoms with Crippen LogP contribution in [0, 0.1) is 0 Å². The first-order valence-electron chi connectivity index (χ1n) is 24.8. The molecule has 12 heteroatoms. The summed E-state index contributed by atoms with van der Waals surface area (Å²) in [6.07, 6.45) is 41.8. The minimum Gasteiger partial charge on any atom is -0.424 e. The van der Waals surface area contributed by atoms with Crippen molar-refractivity contribution in [1.82, 2.24) is 25.0 Å². The molecule has 0 radical (unpaired) electrons. The van der Waals surface area contributed by atoms with Crippen LogP contribution in [0.15, 0.2) is 79.6 Å². The molecule has 0 saturated carbocycles. The fraction of sp³-hybridized carbons (Fsp3) is 0.585. The number of rotatable bonds is 36. The van der Waals surface area contributed by atoms with Crippen LogP contribution in [-0.2, 0) is 40.2 Å². The number of aryl methyl sites for hydroxylation is 4. The van der Waals surface area contributed by atoms with E-state index in [0.717, 1.165) is 89.8 Å². The number of nitrogens with zero attached hydrogens (tertiary/aromatic N) is 6. The van der Waals surface area contributed by atoms with E-state index in [9.17, 15) is 4.79 Å². The highest BCUT2D eigenvalue weighted by Crippen LogP contribution is 2.39. The zero-order valence-corrected chi connectivity index (χ0v) is 40.9. The number of unbranched alkanes of at least 4 members (excludes halogenated alkanes) is 18. The number of hydrogen-bond donors (Lipinski definition) is 0. The average molecular weight is 933 g/mol. The molecular formula is C53H77Cl2N6O4+. The summed E-state index contributed by atoms with van der Waals surface area (Å²) in [5.41, 5.74) is 4.46. The highest BCUT2D eigenvalue weighted by atomic mass is 35.5. The average Bonchev–Trinajstić information content (AvgIpc) is 3.78. The Hall–Kier alpha value is -3.96. The Labute approximate surface area is 401 Å². The van der Waals surface area contributed by atoms with Gasteiger partial charge in [0.1, 0.15) is 17.8 Å². The second-order valence-electron chi connectivity index (χ2n) is 17.4. The van der Waals surface area contributed by atoms with E-state index in [2.05, 4.69) is 55.4 Å². The van der Waals surface area contributed by atoms with Crippen LogP contribution in [0.25, 0.3) is 22.2 Å². The monoisotopic (exact) mass is 932 g/mol. The maximum atomic E-state index is 11.9. The normalized spacial score (nSPS) is 11.3. The highest BCUT2D eigenvalue weighted by Gasteiger charge is 2.19. The second kappa shape index (κ2) is 33.5. The topological polar surface area (TPSA) is 105 Å². The summed E-state index contributed by atoms with van der Waals surface area (Å²) in [4.78, 5) is 20.5. The molecular weight excluding hydrogens is 856 g/mol. The number of benzene rings is 1. The molecule has 0 saturated heterocycles. The molecule has 5 rings (SSSR count). The molecule has 65 heavy (non-hydrogen) atoms. The van der Waals surface area contributed by atoms with E-state index in [1.807, 2.05) is 35.4 Å². The molecule has 0 bridgehead atoms. The number of hydrogen-bond acceptors (Lipinski definition) is 8. The molecule has 0 atom stereocenters. The van der Waals surface area contributed by atoms with Crippen molar-refractivity contribution in [2.45, 2.75) is 174 Å². The van der Waals surface area contributed by atoms with Crippen LogP contribution in [0.4, 0.5) is 0 Å². The van der Waals surface area contributed by atoms with Gasteiger partial charge in [-0.15, -0.1) is 17.5 Å². The number of carbonyl (C=O) groups is 1. The van der Waals surface area contributed by atoms with Gasteiger partial charge in [-0.1, -0.05) is 119 Å². The zero-order chi connectivity index (χ0) is 44.7. The molecule has 0 aliphatic carbocycles. The molecule has 4 aromatic heterocycles. The second-order valence-corrected chi connectivity index (χ2v) is 17.8. The summed E-state index contributed by atoms with van der Waals surface area (Å²) in [7, 11) is 0. The van der Waals surface area contributed by atoms with E-state index >= 15 is 0 Å². The Kier molecular flexibility index (Phi) is 27.7. The van der Waals surface area contributed by atoms with E-state index in [0.29, 0.717) is 27.5 Å². The van der Waals surface area contributed by atoms with Crippen molar-refractivity contribution in [3.63, 3.8) is 0 Å². The van der Waals surface area contributed by atoms with Crippen molar-refractivity contribution in [1.29, 1.82) is 0 Å². The zero-order valence-electron chi connectivity index (χ0n) is 39.3. The van der Waals surface area contributed by atoms with E-state index in [4.69, 9.17) is 25.8 Å². The number of esters is 1. The van der Waals surface area contributed by atoms with Gasteiger partial charge in [-0.25, -0.2) is 4.57 Å². The van der Waals surface area contributed by atoms with E-state index in [1.54, 1.807) is 18.3 Å². The van der Waals surface area contributed by atoms with Gasteiger partial charge in [-0.2, -0.15) is 0 Å². The molecule has 0 aliphatic rings. The molecule has 0 unspecified atom stereocenters. The Balaban J connectivity index is 0.00000925. The van der Waals surface area contributed by atoms with E-state index < -0.39 is 5.97 Å². The van der Waals surface area contributed by atoms with Crippen LogP contribution < -0.4 is 9.30 Å². The summed E-state index contributed by atoms with van der Waals surface area (Å²) in [5, 5.41) is 9.93. The summed E-state index contributed by atoms with van der Waals surface area (Å²) in [5.74, 6) is -0.0647. The molecule has 4 heterocycles. The number of aromatic nitrogens is 6. The predicted octanol–water partition coefficient (Wildman–Crippen LogP) is 13.3. The number of halogens is 2. The number of pyridine rings is 3. The highest BCUT2D eigenvalue weighted by molar-refractivity contribution is 6.36. The lowest BCUT2D eigenvalue weighted by Crippen LogP contribution is -2.33. The lowest BCUT2D eigenvalue weighted by molar-refractivity contribution is -0.697. The summed E-state index contributed by atoms with van der Waals surface area (Å²) in [6.45, 7) is 6.78. The third kappa shape index (κ3) is 21.9. The van der Waals surface area contributed by atoms with E-state index in [-0.39, 0.29) is 12.4 Å². The van der Waals surface area contributed by atoms with Gasteiger partial charge in [0.25, 0.3) is 0 Å². The van der Waals surface area contributed by atoms with E-state index in [1.165, 1.54) is 127 Å². The first kappa shape index (κ1) is 53.7. The lowest BCUT2D eigenvalue weighted by Gasteiger charge is -2.11. The van der Waals surface area contributed by atoms with Crippen LogP contribution in [0.5, 0.6) is 5.75 Å². The molecule has 356 valence electrons. The smallest absolute Gasteiger partial charge is 0.308 e. The fourth-order valence-electron chi connectivity index (χ4n) is 8.32. The maximum Gasteiger partial charge on any atom is 0.308 e. The van der Waals surface area contributed by atoms with Crippen molar-refractivity contribution in [2.24, 2.45) is 0 Å². The summed E-state index contributed by atoms with van der Waals surface area (Å²) >= 11 is 6.55. The molecule has 0 fully saturated rings. The minimum atomic E-state index is -0.423. The minimum absolute atomic E-state index is 0. The molecule has 0 amide bonds. The van der Waals surface area contributed by atoms with Crippen LogP contribution in [-0.4, -0.2) is 57.4 Å². The Bertz CT molecular complexity index is 2020. The van der Waals surface area contributed by atoms with Crippen molar-refractivity contribution >= 4 is 40.9 Å². The fourth-order valence-corrected chi connectivity index (χ4v) is 8.58. The van der Waals surface area contributed by atoms with Gasteiger partial charge in [0, 0.05) is 81.9 Å². The van der Waals surface area contributed by atoms with Gasteiger partial charge in [-0.3, -0.25) is 19.4 Å². The molecule has 0 aliphatic heterocycles. The standard InChI is InChI=1S/C53H76ClN6O4.ClH/c1-45(61)64-53-49(41-50(54)48-31-23-33-56-52(48)53)51-44-60(58-57-51)36-19-15-11-7-3-5-9-13-17-21-38-63-40-26-30-47-28-24-35-59(43-47)34-18-14-10-6-2-4-8-12-16-20-37-62-39-25-29-46-27-22-32-55-42-46;/h22-24,27-28,31-33,35,41-44H,2-21,25-26,29-30,34,36-40H2,1H3;1H/q+1;. The van der Waals surface area contributed by atoms with Gasteiger partial charge in [-0.05, 0) is 87.3 Å². The SMILES string of the molecule is CC(=O)Oc1c(-c2cn(CCCCCCCCCCCCOCCCc3ccc[n+](CCCCCCCCCCCCOCCCc4cccnc4)c3)nn2)cc(Cl)c2cccnc12.Cl. The van der Waals surface area contributed by atoms with Crippen molar-refractivity contribution in [2.75, 3.05) is 26.4 Å². The molecule has 0 spiro atoms. The first-order chi connectivity index (χ1) is 31.6. The molecule has 5 aromatic rings. The van der Waals surface area contributed by atoms with Crippen molar-refractivity contribution in [3.05, 3.63) is 95.8 Å². The molecule has 10 nitrogen and oxygen atoms in total. The van der Waals surface area contributed by atoms with Crippen LogP contribution in [0.2, 0.25) is 5.02 Å². The lowest BCUT2D eigenvalue weighted by atomic mass is 10.1. The first-order valence-corrected chi connectivity index (χ1v) is 25.1. The maximum absolute atomic E-state index is 11.9. The summed E-state index contributed by atoms with van der Waals surface area (Å²) in [6, 6.07) is 14.0. The van der Waals surface area contributed by atoms with Gasteiger partial charge in [0.15, 0.2) is 18.1 Å². The van der Waals surface area contributed by atoms with Crippen LogP contribution in [0.1, 0.15) is 159 Å². The van der Waals surface area contributed by atoms with Crippen LogP contribution in [0.3, 0.4) is 0 Å². The van der Waals surface area contributed by atoms with Crippen molar-refractivity contribution in [3.8, 4) is 17.0 Å². The Morgan fingerprint density at radius 3 is 1.88 bits per heavy atom. The van der Waals surface area contributed by atoms with Gasteiger partial charge < -0.3 is 14.2 Å². The quantitative estimate of drug-likeness (QED) is 0.0169. The third-order valence-corrected chi connectivity index (χ3v) is 12.2. The Morgan fingerprint density at radius 2 is 1.25 bits per heavy atom. The number of ether oxygens (including phenoxy) is 3. The summed E-state index contributed by atoms with van der Waals surface area (Å²) < 4.78 is 21.6.